The number of rotatable bonds is 2. The van der Waals surface area contributed by atoms with E-state index in [1.807, 2.05) is 12.1 Å². The molecule has 0 aliphatic carbocycles. The lowest BCUT2D eigenvalue weighted by Gasteiger charge is -2.33. The fourth-order valence-corrected chi connectivity index (χ4v) is 2.08. The molecule has 1 aromatic carbocycles. The molecule has 1 N–H and O–H groups in total. The Bertz CT molecular complexity index is 321. The van der Waals surface area contributed by atoms with Crippen molar-refractivity contribution in [1.82, 2.24) is 10.2 Å². The second kappa shape index (κ2) is 4.73. The topological polar surface area (TPSA) is 15.3 Å². The van der Waals surface area contributed by atoms with Gasteiger partial charge in [0.15, 0.2) is 0 Å². The first-order valence-electron chi connectivity index (χ1n) is 5.48. The van der Waals surface area contributed by atoms with E-state index in [0.717, 1.165) is 31.7 Å². The Labute approximate surface area is 90.1 Å². The summed E-state index contributed by atoms with van der Waals surface area (Å²) in [6.07, 6.45) is 0. The van der Waals surface area contributed by atoms with Crippen molar-refractivity contribution in [3.05, 3.63) is 35.6 Å². The molecule has 1 aliphatic rings. The Morgan fingerprint density at radius 1 is 1.27 bits per heavy atom. The van der Waals surface area contributed by atoms with E-state index in [2.05, 4.69) is 17.1 Å². The molecule has 3 heteroatoms. The first-order valence-corrected chi connectivity index (χ1v) is 5.48. The van der Waals surface area contributed by atoms with Gasteiger partial charge in [0.05, 0.1) is 0 Å². The summed E-state index contributed by atoms with van der Waals surface area (Å²) in [5, 5.41) is 3.30. The van der Waals surface area contributed by atoms with Gasteiger partial charge in [-0.25, -0.2) is 4.39 Å². The summed E-state index contributed by atoms with van der Waals surface area (Å²) >= 11 is 0. The van der Waals surface area contributed by atoms with E-state index in [4.69, 9.17) is 0 Å². The molecule has 1 saturated heterocycles. The highest BCUT2D eigenvalue weighted by Crippen LogP contribution is 2.22. The van der Waals surface area contributed by atoms with Gasteiger partial charge in [0.25, 0.3) is 0 Å². The number of halogens is 1. The minimum Gasteiger partial charge on any atom is -0.314 e. The van der Waals surface area contributed by atoms with Gasteiger partial charge in [0.2, 0.25) is 0 Å². The summed E-state index contributed by atoms with van der Waals surface area (Å²) in [5.74, 6) is -0.0940. The van der Waals surface area contributed by atoms with Crippen LogP contribution >= 0.6 is 0 Å². The molecule has 0 amide bonds. The number of hydrogen-bond acceptors (Lipinski definition) is 2. The molecule has 0 spiro atoms. The van der Waals surface area contributed by atoms with Gasteiger partial charge in [-0.15, -0.1) is 0 Å². The highest BCUT2D eigenvalue weighted by molar-refractivity contribution is 5.20. The van der Waals surface area contributed by atoms with Gasteiger partial charge in [-0.05, 0) is 13.0 Å². The van der Waals surface area contributed by atoms with Crippen LogP contribution in [0.4, 0.5) is 4.39 Å². The Kier molecular flexibility index (Phi) is 3.34. The molecule has 82 valence electrons. The van der Waals surface area contributed by atoms with Crippen molar-refractivity contribution in [2.75, 3.05) is 26.2 Å². The molecule has 0 bridgehead atoms. The second-order valence-electron chi connectivity index (χ2n) is 3.98. The third kappa shape index (κ3) is 2.36. The van der Waals surface area contributed by atoms with Crippen LogP contribution in [0.1, 0.15) is 18.5 Å². The van der Waals surface area contributed by atoms with Crippen molar-refractivity contribution in [3.8, 4) is 0 Å². The van der Waals surface area contributed by atoms with Crippen LogP contribution in [0.5, 0.6) is 0 Å². The molecule has 1 aliphatic heterocycles. The summed E-state index contributed by atoms with van der Waals surface area (Å²) in [6, 6.07) is 7.23. The predicted octanol–water partition coefficient (Wildman–Crippen LogP) is 1.79. The lowest BCUT2D eigenvalue weighted by atomic mass is 10.1. The van der Waals surface area contributed by atoms with Crippen LogP contribution in [0, 0.1) is 5.82 Å². The third-order valence-corrected chi connectivity index (χ3v) is 3.05. The molecular formula is C12H17FN2. The maximum absolute atomic E-state index is 13.6. The van der Waals surface area contributed by atoms with E-state index in [0.29, 0.717) is 0 Å². The molecule has 15 heavy (non-hydrogen) atoms. The minimum absolute atomic E-state index is 0.0940. The Hall–Kier alpha value is -0.930. The van der Waals surface area contributed by atoms with E-state index in [-0.39, 0.29) is 11.9 Å². The molecule has 0 aromatic heterocycles. The zero-order chi connectivity index (χ0) is 10.7. The molecule has 1 atom stereocenters. The van der Waals surface area contributed by atoms with Crippen LogP contribution in [0.25, 0.3) is 0 Å². The molecule has 2 nitrogen and oxygen atoms in total. The Morgan fingerprint density at radius 2 is 1.93 bits per heavy atom. The number of nitrogens with one attached hydrogen (secondary N) is 1. The summed E-state index contributed by atoms with van der Waals surface area (Å²) in [4.78, 5) is 2.31. The normalized spacial score (nSPS) is 20.1. The summed E-state index contributed by atoms with van der Waals surface area (Å²) < 4.78 is 13.6. The molecule has 1 unspecified atom stereocenters. The van der Waals surface area contributed by atoms with Crippen LogP contribution in [0.2, 0.25) is 0 Å². The number of benzene rings is 1. The van der Waals surface area contributed by atoms with Crippen LogP contribution in [-0.2, 0) is 0 Å². The van der Waals surface area contributed by atoms with E-state index in [9.17, 15) is 4.39 Å². The zero-order valence-electron chi connectivity index (χ0n) is 9.04. The first kappa shape index (κ1) is 10.6. The van der Waals surface area contributed by atoms with Crippen LogP contribution < -0.4 is 5.32 Å². The fourth-order valence-electron chi connectivity index (χ4n) is 2.08. The molecule has 1 fully saturated rings. The van der Waals surface area contributed by atoms with Crippen molar-refractivity contribution in [3.63, 3.8) is 0 Å². The average molecular weight is 208 g/mol. The quantitative estimate of drug-likeness (QED) is 0.797. The van der Waals surface area contributed by atoms with E-state index in [1.165, 1.54) is 6.07 Å². The lowest BCUT2D eigenvalue weighted by molar-refractivity contribution is 0.182. The Balaban J connectivity index is 2.12. The highest BCUT2D eigenvalue weighted by Gasteiger charge is 2.19. The zero-order valence-corrected chi connectivity index (χ0v) is 9.04. The fraction of sp³-hybridized carbons (Fsp3) is 0.500. The maximum Gasteiger partial charge on any atom is 0.127 e. The monoisotopic (exact) mass is 208 g/mol. The SMILES string of the molecule is CC(c1ccccc1F)N1CCNCC1. The van der Waals surface area contributed by atoms with Gasteiger partial charge in [-0.2, -0.15) is 0 Å². The molecule has 1 aromatic rings. The van der Waals surface area contributed by atoms with Crippen molar-refractivity contribution in [2.24, 2.45) is 0 Å². The minimum atomic E-state index is -0.0940. The van der Waals surface area contributed by atoms with E-state index < -0.39 is 0 Å². The van der Waals surface area contributed by atoms with Crippen LogP contribution in [0.3, 0.4) is 0 Å². The van der Waals surface area contributed by atoms with Crippen LogP contribution in [0.15, 0.2) is 24.3 Å². The largest absolute Gasteiger partial charge is 0.314 e. The van der Waals surface area contributed by atoms with E-state index in [1.54, 1.807) is 6.07 Å². The van der Waals surface area contributed by atoms with Gasteiger partial charge in [-0.1, -0.05) is 18.2 Å². The second-order valence-corrected chi connectivity index (χ2v) is 3.98. The summed E-state index contributed by atoms with van der Waals surface area (Å²) in [6.45, 7) is 6.06. The first-order chi connectivity index (χ1) is 7.29. The molecule has 0 radical (unpaired) electrons. The number of piperazine rings is 1. The van der Waals surface area contributed by atoms with E-state index >= 15 is 0 Å². The summed E-state index contributed by atoms with van der Waals surface area (Å²) in [5.41, 5.74) is 0.805. The number of hydrogen-bond donors (Lipinski definition) is 1. The van der Waals surface area contributed by atoms with Crippen molar-refractivity contribution < 1.29 is 4.39 Å². The van der Waals surface area contributed by atoms with Crippen molar-refractivity contribution >= 4 is 0 Å². The van der Waals surface area contributed by atoms with Gasteiger partial charge >= 0.3 is 0 Å². The third-order valence-electron chi connectivity index (χ3n) is 3.05. The van der Waals surface area contributed by atoms with Gasteiger partial charge in [0, 0.05) is 37.8 Å². The van der Waals surface area contributed by atoms with Crippen molar-refractivity contribution in [1.29, 1.82) is 0 Å². The predicted molar refractivity (Wildman–Crippen MR) is 59.3 cm³/mol. The highest BCUT2D eigenvalue weighted by atomic mass is 19.1. The Morgan fingerprint density at radius 3 is 2.60 bits per heavy atom. The number of nitrogens with zero attached hydrogens (tertiary/aromatic N) is 1. The van der Waals surface area contributed by atoms with Crippen molar-refractivity contribution in [2.45, 2.75) is 13.0 Å². The van der Waals surface area contributed by atoms with Gasteiger partial charge in [0.1, 0.15) is 5.82 Å². The van der Waals surface area contributed by atoms with Gasteiger partial charge in [-0.3, -0.25) is 4.90 Å². The van der Waals surface area contributed by atoms with Gasteiger partial charge < -0.3 is 5.32 Å². The average Bonchev–Trinajstić information content (AvgIpc) is 2.30. The lowest BCUT2D eigenvalue weighted by Crippen LogP contribution is -2.44. The molecule has 1 heterocycles. The maximum atomic E-state index is 13.6. The van der Waals surface area contributed by atoms with Crippen LogP contribution in [-0.4, -0.2) is 31.1 Å². The molecule has 2 rings (SSSR count). The standard InChI is InChI=1S/C12H17FN2/c1-10(15-8-6-14-7-9-15)11-4-2-3-5-12(11)13/h2-5,10,14H,6-9H2,1H3. The molecule has 0 saturated carbocycles. The summed E-state index contributed by atoms with van der Waals surface area (Å²) in [7, 11) is 0. The smallest absolute Gasteiger partial charge is 0.127 e. The molecular weight excluding hydrogens is 191 g/mol.